The summed E-state index contributed by atoms with van der Waals surface area (Å²) in [6, 6.07) is 3.81. The molecule has 0 atom stereocenters. The van der Waals surface area contributed by atoms with Crippen molar-refractivity contribution in [2.24, 2.45) is 13.0 Å². The van der Waals surface area contributed by atoms with Crippen LogP contribution in [0.3, 0.4) is 0 Å². The first kappa shape index (κ1) is 35.8. The van der Waals surface area contributed by atoms with E-state index in [2.05, 4.69) is 20.6 Å². The van der Waals surface area contributed by atoms with Gasteiger partial charge in [-0.25, -0.2) is 13.8 Å². The number of ether oxygens (including phenoxy) is 1. The molecule has 9 nitrogen and oxygen atoms in total. The number of nitrogens with one attached hydrogen (secondary N) is 2. The van der Waals surface area contributed by atoms with Gasteiger partial charge in [0.15, 0.2) is 12.3 Å². The van der Waals surface area contributed by atoms with Gasteiger partial charge in [-0.05, 0) is 62.8 Å². The molecule has 0 bridgehead atoms. The van der Waals surface area contributed by atoms with Crippen LogP contribution in [0.2, 0.25) is 0 Å². The Morgan fingerprint density at radius 1 is 1.04 bits per heavy atom. The third-order valence-electron chi connectivity index (χ3n) is 7.85. The highest BCUT2D eigenvalue weighted by molar-refractivity contribution is 5.99. The third kappa shape index (κ3) is 8.87. The Morgan fingerprint density at radius 3 is 2.28 bits per heavy atom. The van der Waals surface area contributed by atoms with Crippen LogP contribution in [-0.4, -0.2) is 62.3 Å². The molecule has 0 spiro atoms. The molecule has 0 radical (unpaired) electrons. The number of aromatic nitrogens is 3. The van der Waals surface area contributed by atoms with Crippen molar-refractivity contribution in [2.45, 2.75) is 82.9 Å². The van der Waals surface area contributed by atoms with Gasteiger partial charge in [-0.3, -0.25) is 9.59 Å². The lowest BCUT2D eigenvalue weighted by Crippen LogP contribution is -2.41. The van der Waals surface area contributed by atoms with Gasteiger partial charge < -0.3 is 25.0 Å². The minimum absolute atomic E-state index is 0.00801. The van der Waals surface area contributed by atoms with E-state index < -0.39 is 72.6 Å². The molecule has 0 aliphatic heterocycles. The average Bonchev–Trinajstić information content (AvgIpc) is 3.26. The van der Waals surface area contributed by atoms with E-state index in [9.17, 15) is 49.8 Å². The number of imidazole rings is 1. The van der Waals surface area contributed by atoms with Gasteiger partial charge in [0.1, 0.15) is 22.5 Å². The van der Waals surface area contributed by atoms with Gasteiger partial charge in [0.25, 0.3) is 18.2 Å². The molecule has 2 aromatic heterocycles. The summed E-state index contributed by atoms with van der Waals surface area (Å²) in [4.78, 5) is 33.8. The zero-order valence-electron chi connectivity index (χ0n) is 25.5. The first-order valence-corrected chi connectivity index (χ1v) is 14.6. The van der Waals surface area contributed by atoms with Crippen molar-refractivity contribution in [3.05, 3.63) is 52.3 Å². The fourth-order valence-corrected chi connectivity index (χ4v) is 5.29. The number of rotatable bonds is 10. The number of benzene rings is 1. The maximum absolute atomic E-state index is 14.0. The van der Waals surface area contributed by atoms with E-state index in [1.807, 2.05) is 0 Å². The number of alkyl halides is 8. The molecular weight excluding hydrogens is 646 g/mol. The van der Waals surface area contributed by atoms with Crippen LogP contribution in [-0.2, 0) is 31.0 Å². The molecule has 17 heteroatoms. The Kier molecular flexibility index (Phi) is 10.4. The lowest BCUT2D eigenvalue weighted by Gasteiger charge is -2.30. The number of aliphatic hydroxyl groups is 1. The zero-order valence-corrected chi connectivity index (χ0v) is 25.5. The number of halogens is 8. The second-order valence-electron chi connectivity index (χ2n) is 11.9. The fourth-order valence-electron chi connectivity index (χ4n) is 5.29. The third-order valence-corrected chi connectivity index (χ3v) is 7.85. The van der Waals surface area contributed by atoms with Crippen LogP contribution in [0.1, 0.15) is 72.4 Å². The molecule has 3 aromatic rings. The number of hydrogen-bond donors (Lipinski definition) is 3. The van der Waals surface area contributed by atoms with Crippen LogP contribution in [0, 0.1) is 5.92 Å². The Morgan fingerprint density at radius 2 is 1.70 bits per heavy atom. The zero-order chi connectivity index (χ0) is 34.9. The molecule has 2 heterocycles. The highest BCUT2D eigenvalue weighted by Crippen LogP contribution is 2.38. The molecule has 258 valence electrons. The second-order valence-corrected chi connectivity index (χ2v) is 11.9. The monoisotopic (exact) mass is 679 g/mol. The van der Waals surface area contributed by atoms with E-state index >= 15 is 0 Å². The maximum Gasteiger partial charge on any atom is 0.416 e. The van der Waals surface area contributed by atoms with Crippen molar-refractivity contribution in [1.29, 1.82) is 0 Å². The Balaban J connectivity index is 1.65. The largest absolute Gasteiger partial charge is 0.471 e. The summed E-state index contributed by atoms with van der Waals surface area (Å²) in [5.74, 6) is -3.52. The summed E-state index contributed by atoms with van der Waals surface area (Å²) in [5, 5.41) is 14.9. The van der Waals surface area contributed by atoms with Crippen LogP contribution in [0.15, 0.2) is 24.3 Å². The number of carbonyl (C=O) groups excluding carboxylic acids is 2. The number of amides is 2. The van der Waals surface area contributed by atoms with Gasteiger partial charge in [-0.1, -0.05) is 12.1 Å². The van der Waals surface area contributed by atoms with Crippen molar-refractivity contribution >= 4 is 23.0 Å². The molecule has 1 aromatic carbocycles. The van der Waals surface area contributed by atoms with E-state index in [4.69, 9.17) is 4.74 Å². The molecule has 0 unspecified atom stereocenters. The minimum atomic E-state index is -4.76. The summed E-state index contributed by atoms with van der Waals surface area (Å²) >= 11 is 0. The molecule has 1 saturated carbocycles. The van der Waals surface area contributed by atoms with Crippen molar-refractivity contribution in [1.82, 2.24) is 25.2 Å². The summed E-state index contributed by atoms with van der Waals surface area (Å²) in [5.41, 5.74) is -2.89. The van der Waals surface area contributed by atoms with E-state index in [-0.39, 0.29) is 60.3 Å². The first-order chi connectivity index (χ1) is 21.7. The lowest BCUT2D eigenvalue weighted by molar-refractivity contribution is -0.182. The number of carbonyl (C=O) groups is 2. The van der Waals surface area contributed by atoms with Crippen LogP contribution in [0.5, 0.6) is 5.88 Å². The standard InChI is InChI=1S/C30H33F8N5O4/c1-28(2,46)27(45)39-13-15-4-9-20(30(36,37)38)16(10-15)11-23-41-21-12-19(26(47-14-22(31)32)42-24(21)43(23)3)25(44)40-18-7-5-17(6-8-18)29(33,34)35/h4,9-10,12,17-18,22,46H,5-8,11,13-14H2,1-3H3,(H,39,45)(H,40,44). The Labute approximate surface area is 263 Å². The van der Waals surface area contributed by atoms with E-state index in [1.54, 1.807) is 0 Å². The fraction of sp³-hybridized carbons (Fsp3) is 0.533. The predicted octanol–water partition coefficient (Wildman–Crippen LogP) is 5.46. The van der Waals surface area contributed by atoms with Gasteiger partial charge in [0.2, 0.25) is 5.88 Å². The van der Waals surface area contributed by atoms with E-state index in [0.29, 0.717) is 5.56 Å². The molecule has 4 rings (SSSR count). The molecular formula is C30H33F8N5O4. The first-order valence-electron chi connectivity index (χ1n) is 14.6. The summed E-state index contributed by atoms with van der Waals surface area (Å²) in [7, 11) is 1.42. The molecule has 1 fully saturated rings. The second kappa shape index (κ2) is 13.6. The summed E-state index contributed by atoms with van der Waals surface area (Å²) in [6.07, 6.45) is -12.8. The molecule has 1 aliphatic rings. The highest BCUT2D eigenvalue weighted by Gasteiger charge is 2.42. The molecule has 2 amide bonds. The van der Waals surface area contributed by atoms with Crippen molar-refractivity contribution in [3.63, 3.8) is 0 Å². The predicted molar refractivity (Wildman–Crippen MR) is 152 cm³/mol. The normalized spacial score (nSPS) is 17.6. The van der Waals surface area contributed by atoms with E-state index in [0.717, 1.165) is 6.07 Å². The van der Waals surface area contributed by atoms with Crippen LogP contribution in [0.4, 0.5) is 35.1 Å². The highest BCUT2D eigenvalue weighted by atomic mass is 19.4. The van der Waals surface area contributed by atoms with Crippen molar-refractivity contribution in [2.75, 3.05) is 6.61 Å². The molecule has 1 aliphatic carbocycles. The smallest absolute Gasteiger partial charge is 0.416 e. The van der Waals surface area contributed by atoms with Crippen LogP contribution < -0.4 is 15.4 Å². The number of aryl methyl sites for hydroxylation is 1. The Bertz CT molecular complexity index is 1610. The summed E-state index contributed by atoms with van der Waals surface area (Å²) < 4.78 is 114. The van der Waals surface area contributed by atoms with Gasteiger partial charge in [0, 0.05) is 26.1 Å². The lowest BCUT2D eigenvalue weighted by atomic mass is 9.85. The van der Waals surface area contributed by atoms with Crippen LogP contribution in [0.25, 0.3) is 11.2 Å². The minimum Gasteiger partial charge on any atom is -0.471 e. The number of fused-ring (bicyclic) bond motifs is 1. The molecule has 47 heavy (non-hydrogen) atoms. The quantitative estimate of drug-likeness (QED) is 0.245. The van der Waals surface area contributed by atoms with Gasteiger partial charge in [0.05, 0.1) is 11.5 Å². The van der Waals surface area contributed by atoms with Crippen molar-refractivity contribution < 1.29 is 54.6 Å². The topological polar surface area (TPSA) is 118 Å². The van der Waals surface area contributed by atoms with Gasteiger partial charge >= 0.3 is 12.4 Å². The molecule has 3 N–H and O–H groups in total. The Hall–Kier alpha value is -4.02. The number of nitrogens with zero attached hydrogens (tertiary/aromatic N) is 3. The number of pyridine rings is 1. The van der Waals surface area contributed by atoms with Gasteiger partial charge in [-0.2, -0.15) is 31.3 Å². The summed E-state index contributed by atoms with van der Waals surface area (Å²) in [6.45, 7) is 1.19. The van der Waals surface area contributed by atoms with Crippen LogP contribution >= 0.6 is 0 Å². The van der Waals surface area contributed by atoms with Crippen molar-refractivity contribution in [3.8, 4) is 5.88 Å². The van der Waals surface area contributed by atoms with E-state index in [1.165, 1.54) is 43.7 Å². The SMILES string of the molecule is Cn1c(Cc2cc(CNC(=O)C(C)(C)O)ccc2C(F)(F)F)nc2cc(C(=O)NC3CCC(C(F)(F)F)CC3)c(OCC(F)F)nc21. The molecule has 0 saturated heterocycles. The van der Waals surface area contributed by atoms with Gasteiger partial charge in [-0.15, -0.1) is 0 Å². The maximum atomic E-state index is 14.0. The number of hydrogen-bond acceptors (Lipinski definition) is 6. The average molecular weight is 680 g/mol.